The van der Waals surface area contributed by atoms with Crippen molar-refractivity contribution in [3.63, 3.8) is 0 Å². The van der Waals surface area contributed by atoms with Gasteiger partial charge in [-0.25, -0.2) is 0 Å². The summed E-state index contributed by atoms with van der Waals surface area (Å²) in [7, 11) is 0. The van der Waals surface area contributed by atoms with E-state index in [-0.39, 0.29) is 0 Å². The number of likely N-dealkylation sites (tertiary alicyclic amines) is 1. The van der Waals surface area contributed by atoms with Crippen LogP contribution >= 0.6 is 12.2 Å². The van der Waals surface area contributed by atoms with E-state index < -0.39 is 0 Å². The van der Waals surface area contributed by atoms with E-state index in [0.29, 0.717) is 6.04 Å². The second kappa shape index (κ2) is 5.15. The maximum absolute atomic E-state index is 5.46. The van der Waals surface area contributed by atoms with Crippen molar-refractivity contribution in [2.75, 3.05) is 13.1 Å². The van der Waals surface area contributed by atoms with Gasteiger partial charge in [-0.2, -0.15) is 0 Å². The molecule has 0 bridgehead atoms. The van der Waals surface area contributed by atoms with Gasteiger partial charge in [-0.05, 0) is 43.8 Å². The summed E-state index contributed by atoms with van der Waals surface area (Å²) in [6.45, 7) is 4.67. The van der Waals surface area contributed by atoms with Gasteiger partial charge < -0.3 is 10.2 Å². The Hall–Kier alpha value is -0.310. The molecular weight excluding hydrogens is 204 g/mol. The van der Waals surface area contributed by atoms with Gasteiger partial charge in [0.15, 0.2) is 5.11 Å². The molecule has 2 fully saturated rings. The molecule has 0 radical (unpaired) electrons. The lowest BCUT2D eigenvalue weighted by molar-refractivity contribution is 0.301. The summed E-state index contributed by atoms with van der Waals surface area (Å²) in [5, 5.41) is 4.57. The van der Waals surface area contributed by atoms with E-state index in [2.05, 4.69) is 17.1 Å². The van der Waals surface area contributed by atoms with Crippen molar-refractivity contribution in [2.45, 2.75) is 51.5 Å². The largest absolute Gasteiger partial charge is 0.360 e. The van der Waals surface area contributed by atoms with Crippen LogP contribution in [-0.4, -0.2) is 29.1 Å². The summed E-state index contributed by atoms with van der Waals surface area (Å²) in [5.41, 5.74) is 0. The number of nitrogens with zero attached hydrogens (tertiary/aromatic N) is 1. The van der Waals surface area contributed by atoms with E-state index >= 15 is 0 Å². The SMILES string of the molecule is C[C@@H]1CCCC[C@H]1NC(=S)N1CCCC1. The molecular formula is C12H22N2S. The van der Waals surface area contributed by atoms with Crippen LogP contribution in [0, 0.1) is 5.92 Å². The molecule has 15 heavy (non-hydrogen) atoms. The zero-order valence-corrected chi connectivity index (χ0v) is 10.5. The summed E-state index contributed by atoms with van der Waals surface area (Å²) < 4.78 is 0. The Kier molecular flexibility index (Phi) is 3.84. The van der Waals surface area contributed by atoms with Gasteiger partial charge in [-0.15, -0.1) is 0 Å². The Morgan fingerprint density at radius 2 is 1.80 bits per heavy atom. The highest BCUT2D eigenvalue weighted by atomic mass is 32.1. The maximum atomic E-state index is 5.46. The first-order valence-corrected chi connectivity index (χ1v) is 6.73. The Balaban J connectivity index is 1.81. The minimum atomic E-state index is 0.631. The van der Waals surface area contributed by atoms with Crippen LogP contribution in [0.5, 0.6) is 0 Å². The van der Waals surface area contributed by atoms with E-state index in [1.165, 1.54) is 38.5 Å². The molecule has 0 aromatic carbocycles. The highest BCUT2D eigenvalue weighted by Gasteiger charge is 2.24. The van der Waals surface area contributed by atoms with E-state index in [9.17, 15) is 0 Å². The second-order valence-electron chi connectivity index (χ2n) is 5.01. The molecule has 86 valence electrons. The van der Waals surface area contributed by atoms with Crippen molar-refractivity contribution in [1.82, 2.24) is 10.2 Å². The molecule has 2 rings (SSSR count). The summed E-state index contributed by atoms with van der Waals surface area (Å²) >= 11 is 5.46. The van der Waals surface area contributed by atoms with Crippen LogP contribution in [0.15, 0.2) is 0 Å². The van der Waals surface area contributed by atoms with Gasteiger partial charge in [0.05, 0.1) is 0 Å². The van der Waals surface area contributed by atoms with Crippen LogP contribution in [0.4, 0.5) is 0 Å². The van der Waals surface area contributed by atoms with E-state index in [4.69, 9.17) is 12.2 Å². The van der Waals surface area contributed by atoms with Crippen LogP contribution in [0.3, 0.4) is 0 Å². The van der Waals surface area contributed by atoms with Crippen molar-refractivity contribution in [3.8, 4) is 0 Å². The Bertz CT molecular complexity index is 224. The molecule has 1 saturated carbocycles. The number of hydrogen-bond donors (Lipinski definition) is 1. The van der Waals surface area contributed by atoms with Gasteiger partial charge in [-0.3, -0.25) is 0 Å². The lowest BCUT2D eigenvalue weighted by atomic mass is 9.86. The zero-order chi connectivity index (χ0) is 10.7. The fourth-order valence-electron chi connectivity index (χ4n) is 2.70. The highest BCUT2D eigenvalue weighted by Crippen LogP contribution is 2.24. The van der Waals surface area contributed by atoms with Crippen molar-refractivity contribution in [2.24, 2.45) is 5.92 Å². The summed E-state index contributed by atoms with van der Waals surface area (Å²) in [6.07, 6.45) is 8.04. The predicted octanol–water partition coefficient (Wildman–Crippen LogP) is 2.54. The van der Waals surface area contributed by atoms with Crippen LogP contribution in [0.2, 0.25) is 0 Å². The molecule has 2 atom stereocenters. The van der Waals surface area contributed by atoms with Gasteiger partial charge in [0, 0.05) is 19.1 Å². The smallest absolute Gasteiger partial charge is 0.169 e. The maximum Gasteiger partial charge on any atom is 0.169 e. The van der Waals surface area contributed by atoms with Crippen molar-refractivity contribution in [1.29, 1.82) is 0 Å². The lowest BCUT2D eigenvalue weighted by Crippen LogP contribution is -2.46. The van der Waals surface area contributed by atoms with Crippen molar-refractivity contribution >= 4 is 17.3 Å². The van der Waals surface area contributed by atoms with E-state index in [1.807, 2.05) is 0 Å². The van der Waals surface area contributed by atoms with Gasteiger partial charge in [0.25, 0.3) is 0 Å². The van der Waals surface area contributed by atoms with Gasteiger partial charge >= 0.3 is 0 Å². The first kappa shape index (κ1) is 11.2. The first-order valence-electron chi connectivity index (χ1n) is 6.33. The molecule has 0 aromatic heterocycles. The predicted molar refractivity (Wildman–Crippen MR) is 68.0 cm³/mol. The number of hydrogen-bond acceptors (Lipinski definition) is 1. The van der Waals surface area contributed by atoms with Gasteiger partial charge in [0.1, 0.15) is 0 Å². The molecule has 3 heteroatoms. The van der Waals surface area contributed by atoms with Crippen molar-refractivity contribution in [3.05, 3.63) is 0 Å². The molecule has 2 aliphatic rings. The molecule has 1 heterocycles. The fourth-order valence-corrected chi connectivity index (χ4v) is 3.03. The average molecular weight is 226 g/mol. The minimum absolute atomic E-state index is 0.631. The Morgan fingerprint density at radius 1 is 1.13 bits per heavy atom. The lowest BCUT2D eigenvalue weighted by Gasteiger charge is -2.32. The van der Waals surface area contributed by atoms with Crippen LogP contribution in [-0.2, 0) is 0 Å². The number of thiocarbonyl (C=S) groups is 1. The molecule has 1 aliphatic carbocycles. The molecule has 1 N–H and O–H groups in total. The van der Waals surface area contributed by atoms with E-state index in [1.54, 1.807) is 0 Å². The average Bonchev–Trinajstić information content (AvgIpc) is 2.74. The molecule has 0 spiro atoms. The highest BCUT2D eigenvalue weighted by molar-refractivity contribution is 7.80. The van der Waals surface area contributed by atoms with Crippen LogP contribution < -0.4 is 5.32 Å². The Labute approximate surface area is 98.4 Å². The summed E-state index contributed by atoms with van der Waals surface area (Å²) in [5.74, 6) is 0.791. The molecule has 0 amide bonds. The number of nitrogens with one attached hydrogen (secondary N) is 1. The quantitative estimate of drug-likeness (QED) is 0.692. The molecule has 1 aliphatic heterocycles. The molecule has 2 nitrogen and oxygen atoms in total. The van der Waals surface area contributed by atoms with Crippen LogP contribution in [0.1, 0.15) is 45.4 Å². The fraction of sp³-hybridized carbons (Fsp3) is 0.917. The summed E-state index contributed by atoms with van der Waals surface area (Å²) in [4.78, 5) is 2.33. The molecule has 0 aromatic rings. The molecule has 0 unspecified atom stereocenters. The third-order valence-corrected chi connectivity index (χ3v) is 4.19. The van der Waals surface area contributed by atoms with Gasteiger partial charge in [-0.1, -0.05) is 19.8 Å². The number of rotatable bonds is 1. The van der Waals surface area contributed by atoms with E-state index in [0.717, 1.165) is 24.1 Å². The third-order valence-electron chi connectivity index (χ3n) is 3.81. The van der Waals surface area contributed by atoms with Gasteiger partial charge in [0.2, 0.25) is 0 Å². The second-order valence-corrected chi connectivity index (χ2v) is 5.40. The summed E-state index contributed by atoms with van der Waals surface area (Å²) in [6, 6.07) is 0.631. The Morgan fingerprint density at radius 3 is 2.47 bits per heavy atom. The normalized spacial score (nSPS) is 31.7. The zero-order valence-electron chi connectivity index (χ0n) is 9.67. The first-order chi connectivity index (χ1) is 7.27. The monoisotopic (exact) mass is 226 g/mol. The van der Waals surface area contributed by atoms with Crippen molar-refractivity contribution < 1.29 is 0 Å². The third kappa shape index (κ3) is 2.83. The van der Waals surface area contributed by atoms with Crippen LogP contribution in [0.25, 0.3) is 0 Å². The topological polar surface area (TPSA) is 15.3 Å². The standard InChI is InChI=1S/C12H22N2S/c1-10-6-2-3-7-11(10)13-12(15)14-8-4-5-9-14/h10-11H,2-9H2,1H3,(H,13,15)/t10-,11-/m1/s1. The minimum Gasteiger partial charge on any atom is -0.360 e. The molecule has 1 saturated heterocycles.